The lowest BCUT2D eigenvalue weighted by Crippen LogP contribution is -2.37. The smallest absolute Gasteiger partial charge is 0.336 e. The number of ether oxygens (including phenoxy) is 1. The van der Waals surface area contributed by atoms with Crippen LogP contribution < -0.4 is 10.4 Å². The van der Waals surface area contributed by atoms with Crippen LogP contribution in [0.2, 0.25) is 0 Å². The molecule has 30 heavy (non-hydrogen) atoms. The second-order valence-electron chi connectivity index (χ2n) is 8.49. The van der Waals surface area contributed by atoms with Crippen molar-refractivity contribution in [2.75, 3.05) is 6.61 Å². The molecule has 0 unspecified atom stereocenters. The van der Waals surface area contributed by atoms with Gasteiger partial charge in [-0.2, -0.15) is 0 Å². The van der Waals surface area contributed by atoms with E-state index in [2.05, 4.69) is 0 Å². The van der Waals surface area contributed by atoms with Gasteiger partial charge in [0.1, 0.15) is 17.9 Å². The lowest BCUT2D eigenvalue weighted by atomic mass is 9.91. The monoisotopic (exact) mass is 416 g/mol. The molecular formula is C24H32O6. The number of hydrogen-bond donors (Lipinski definition) is 3. The van der Waals surface area contributed by atoms with Crippen LogP contribution in [0.1, 0.15) is 47.0 Å². The van der Waals surface area contributed by atoms with Crippen molar-refractivity contribution in [1.29, 1.82) is 0 Å². The van der Waals surface area contributed by atoms with Gasteiger partial charge < -0.3 is 24.5 Å². The highest BCUT2D eigenvalue weighted by molar-refractivity contribution is 5.77. The Morgan fingerprint density at radius 1 is 1.20 bits per heavy atom. The Morgan fingerprint density at radius 3 is 2.60 bits per heavy atom. The van der Waals surface area contributed by atoms with E-state index in [1.807, 2.05) is 31.2 Å². The topological polar surface area (TPSA) is 100 Å². The lowest BCUT2D eigenvalue weighted by Gasteiger charge is -2.27. The van der Waals surface area contributed by atoms with Crippen LogP contribution in [0.3, 0.4) is 0 Å². The van der Waals surface area contributed by atoms with Crippen LogP contribution in [0.4, 0.5) is 0 Å². The highest BCUT2D eigenvalue weighted by atomic mass is 16.5. The Bertz CT molecular complexity index is 946. The zero-order valence-electron chi connectivity index (χ0n) is 18.1. The van der Waals surface area contributed by atoms with Gasteiger partial charge in [-0.1, -0.05) is 17.7 Å². The zero-order chi connectivity index (χ0) is 22.4. The van der Waals surface area contributed by atoms with Crippen LogP contribution >= 0.6 is 0 Å². The molecule has 6 nitrogen and oxygen atoms in total. The fourth-order valence-corrected chi connectivity index (χ4v) is 2.86. The third-order valence-electron chi connectivity index (χ3n) is 4.93. The quantitative estimate of drug-likeness (QED) is 0.403. The molecule has 0 aliphatic rings. The van der Waals surface area contributed by atoms with Crippen molar-refractivity contribution in [3.05, 3.63) is 64.6 Å². The van der Waals surface area contributed by atoms with E-state index in [4.69, 9.17) is 9.15 Å². The summed E-state index contributed by atoms with van der Waals surface area (Å²) in [5.41, 5.74) is -1.08. The minimum absolute atomic E-state index is 0.301. The Labute approximate surface area is 177 Å². The van der Waals surface area contributed by atoms with Crippen LogP contribution in [-0.2, 0) is 0 Å². The maximum absolute atomic E-state index is 11.3. The SMILES string of the molecule is C/C(=C\COc1ccc2ccc(=O)oc2c1)C/C=C/[C@@](C)(O)CC[C@H](O)C(C)(C)O. The molecule has 0 saturated carbocycles. The molecule has 2 atom stereocenters. The van der Waals surface area contributed by atoms with Gasteiger partial charge in [0, 0.05) is 17.5 Å². The first-order valence-electron chi connectivity index (χ1n) is 10.1. The molecule has 0 aliphatic heterocycles. The first kappa shape index (κ1) is 23.9. The zero-order valence-corrected chi connectivity index (χ0v) is 18.1. The Hall–Kier alpha value is -2.41. The van der Waals surface area contributed by atoms with E-state index in [1.54, 1.807) is 39.0 Å². The van der Waals surface area contributed by atoms with Gasteiger partial charge in [-0.25, -0.2) is 4.79 Å². The van der Waals surface area contributed by atoms with Crippen molar-refractivity contribution >= 4 is 11.0 Å². The second kappa shape index (κ2) is 10.1. The van der Waals surface area contributed by atoms with Crippen LogP contribution in [0, 0.1) is 0 Å². The van der Waals surface area contributed by atoms with E-state index in [0.717, 1.165) is 11.0 Å². The van der Waals surface area contributed by atoms with E-state index in [9.17, 15) is 20.1 Å². The van der Waals surface area contributed by atoms with Gasteiger partial charge in [-0.15, -0.1) is 0 Å². The molecule has 3 N–H and O–H groups in total. The molecule has 0 aliphatic carbocycles. The number of benzene rings is 1. The summed E-state index contributed by atoms with van der Waals surface area (Å²) in [6, 6.07) is 8.45. The molecule has 0 bridgehead atoms. The maximum Gasteiger partial charge on any atom is 0.336 e. The van der Waals surface area contributed by atoms with Crippen molar-refractivity contribution in [2.24, 2.45) is 0 Å². The summed E-state index contributed by atoms with van der Waals surface area (Å²) in [4.78, 5) is 11.3. The Balaban J connectivity index is 1.82. The molecule has 0 radical (unpaired) electrons. The number of fused-ring (bicyclic) bond motifs is 1. The summed E-state index contributed by atoms with van der Waals surface area (Å²) in [5, 5.41) is 30.9. The predicted octanol–water partition coefficient (Wildman–Crippen LogP) is 3.73. The van der Waals surface area contributed by atoms with Gasteiger partial charge in [-0.3, -0.25) is 0 Å². The minimum atomic E-state index is -1.18. The molecule has 1 aromatic heterocycles. The summed E-state index contributed by atoms with van der Waals surface area (Å²) >= 11 is 0. The molecule has 1 heterocycles. The number of aliphatic hydroxyl groups excluding tert-OH is 1. The predicted molar refractivity (Wildman–Crippen MR) is 118 cm³/mol. The summed E-state index contributed by atoms with van der Waals surface area (Å²) in [6.07, 6.45) is 5.95. The van der Waals surface area contributed by atoms with Gasteiger partial charge in [0.2, 0.25) is 0 Å². The Morgan fingerprint density at radius 2 is 1.90 bits per heavy atom. The average Bonchev–Trinajstić information content (AvgIpc) is 2.65. The second-order valence-corrected chi connectivity index (χ2v) is 8.49. The highest BCUT2D eigenvalue weighted by Gasteiger charge is 2.27. The average molecular weight is 417 g/mol. The molecule has 164 valence electrons. The van der Waals surface area contributed by atoms with Crippen LogP contribution in [0.15, 0.2) is 63.3 Å². The molecular weight excluding hydrogens is 384 g/mol. The normalized spacial score (nSPS) is 16.0. The van der Waals surface area contributed by atoms with Gasteiger partial charge in [0.05, 0.1) is 17.3 Å². The minimum Gasteiger partial charge on any atom is -0.489 e. The lowest BCUT2D eigenvalue weighted by molar-refractivity contribution is -0.0591. The van der Waals surface area contributed by atoms with Crippen molar-refractivity contribution in [1.82, 2.24) is 0 Å². The largest absolute Gasteiger partial charge is 0.489 e. The van der Waals surface area contributed by atoms with Gasteiger partial charge >= 0.3 is 5.63 Å². The third kappa shape index (κ3) is 7.78. The molecule has 2 aromatic rings. The fraction of sp³-hybridized carbons (Fsp3) is 0.458. The van der Waals surface area contributed by atoms with Crippen LogP contribution in [-0.4, -0.2) is 39.2 Å². The number of rotatable bonds is 10. The first-order valence-corrected chi connectivity index (χ1v) is 10.1. The maximum atomic E-state index is 11.3. The number of aliphatic hydroxyl groups is 3. The molecule has 0 fully saturated rings. The Kier molecular flexibility index (Phi) is 8.01. The number of allylic oxidation sites excluding steroid dienone is 2. The summed E-state index contributed by atoms with van der Waals surface area (Å²) in [6.45, 7) is 7.12. The molecule has 0 amide bonds. The van der Waals surface area contributed by atoms with Gasteiger partial charge in [0.25, 0.3) is 0 Å². The van der Waals surface area contributed by atoms with Crippen LogP contribution in [0.25, 0.3) is 11.0 Å². The highest BCUT2D eigenvalue weighted by Crippen LogP contribution is 2.21. The van der Waals surface area contributed by atoms with Crippen molar-refractivity contribution in [2.45, 2.75) is 64.3 Å². The van der Waals surface area contributed by atoms with E-state index in [0.29, 0.717) is 37.2 Å². The summed E-state index contributed by atoms with van der Waals surface area (Å²) < 4.78 is 10.9. The van der Waals surface area contributed by atoms with Gasteiger partial charge in [0.15, 0.2) is 0 Å². The first-order chi connectivity index (χ1) is 14.0. The van der Waals surface area contributed by atoms with E-state index in [-0.39, 0.29) is 0 Å². The molecule has 0 spiro atoms. The van der Waals surface area contributed by atoms with Crippen molar-refractivity contribution < 1.29 is 24.5 Å². The van der Waals surface area contributed by atoms with E-state index in [1.165, 1.54) is 6.07 Å². The summed E-state index contributed by atoms with van der Waals surface area (Å²) in [7, 11) is 0. The third-order valence-corrected chi connectivity index (χ3v) is 4.93. The fourth-order valence-electron chi connectivity index (χ4n) is 2.86. The van der Waals surface area contributed by atoms with E-state index >= 15 is 0 Å². The molecule has 6 heteroatoms. The molecule has 2 rings (SSSR count). The van der Waals surface area contributed by atoms with Gasteiger partial charge in [-0.05, 0) is 71.2 Å². The number of hydrogen-bond acceptors (Lipinski definition) is 6. The van der Waals surface area contributed by atoms with E-state index < -0.39 is 22.9 Å². The standard InChI is InChI=1S/C24H32O6/c1-17(6-5-13-24(4,28)14-11-21(25)23(2,3)27)12-15-29-19-9-7-18-8-10-22(26)30-20(18)16-19/h5,7-10,12-13,16,21,25,27-28H,6,11,14-15H2,1-4H3/b13-5+,17-12+/t21-,24+/m0/s1. The van der Waals surface area contributed by atoms with Crippen molar-refractivity contribution in [3.63, 3.8) is 0 Å². The van der Waals surface area contributed by atoms with Crippen LogP contribution in [0.5, 0.6) is 5.75 Å². The molecule has 0 saturated heterocycles. The van der Waals surface area contributed by atoms with Crippen molar-refractivity contribution in [3.8, 4) is 5.75 Å². The molecule has 1 aromatic carbocycles. The summed E-state index contributed by atoms with van der Waals surface area (Å²) in [5.74, 6) is 0.616.